The predicted octanol–water partition coefficient (Wildman–Crippen LogP) is 1.55. The molecule has 0 aliphatic rings. The molecule has 0 saturated carbocycles. The lowest BCUT2D eigenvalue weighted by molar-refractivity contribution is 0.0767. The van der Waals surface area contributed by atoms with E-state index in [2.05, 4.69) is 10.2 Å². The molecule has 0 unspecified atom stereocenters. The van der Waals surface area contributed by atoms with E-state index < -0.39 is 0 Å². The van der Waals surface area contributed by atoms with E-state index in [0.717, 1.165) is 0 Å². The van der Waals surface area contributed by atoms with Gasteiger partial charge in [0.2, 0.25) is 0 Å². The summed E-state index contributed by atoms with van der Waals surface area (Å²) in [5.74, 6) is -0.104. The van der Waals surface area contributed by atoms with Gasteiger partial charge >= 0.3 is 0 Å². The van der Waals surface area contributed by atoms with Crippen molar-refractivity contribution in [2.24, 2.45) is 0 Å². The first-order chi connectivity index (χ1) is 6.20. The van der Waals surface area contributed by atoms with Gasteiger partial charge in [0.05, 0.1) is 11.2 Å². The predicted molar refractivity (Wildman–Crippen MR) is 50.8 cm³/mol. The van der Waals surface area contributed by atoms with Crippen molar-refractivity contribution in [2.45, 2.75) is 13.8 Å². The lowest BCUT2D eigenvalue weighted by Crippen LogP contribution is -2.30. The van der Waals surface area contributed by atoms with Crippen LogP contribution in [0.2, 0.25) is 5.02 Å². The van der Waals surface area contributed by atoms with Crippen molar-refractivity contribution in [3.63, 3.8) is 0 Å². The summed E-state index contributed by atoms with van der Waals surface area (Å²) >= 11 is 5.75. The third-order valence-electron chi connectivity index (χ3n) is 1.86. The summed E-state index contributed by atoms with van der Waals surface area (Å²) < 4.78 is 0. The highest BCUT2D eigenvalue weighted by Gasteiger charge is 2.16. The summed E-state index contributed by atoms with van der Waals surface area (Å²) in [6, 6.07) is 0. The molecule has 1 amide bonds. The number of aromatic nitrogens is 2. The Morgan fingerprint density at radius 2 is 2.23 bits per heavy atom. The first-order valence-electron chi connectivity index (χ1n) is 4.18. The Hall–Kier alpha value is -1.03. The van der Waals surface area contributed by atoms with E-state index in [1.165, 1.54) is 6.20 Å². The summed E-state index contributed by atoms with van der Waals surface area (Å²) in [6.07, 6.45) is 1.43. The van der Waals surface area contributed by atoms with Gasteiger partial charge in [-0.05, 0) is 13.8 Å². The Kier molecular flexibility index (Phi) is 3.31. The van der Waals surface area contributed by atoms with Crippen molar-refractivity contribution in [3.05, 3.63) is 16.9 Å². The maximum atomic E-state index is 11.7. The molecule has 0 aliphatic heterocycles. The number of nitrogens with one attached hydrogen (secondary N) is 1. The third-order valence-corrected chi connectivity index (χ3v) is 2.14. The van der Waals surface area contributed by atoms with E-state index in [4.69, 9.17) is 11.6 Å². The molecular formula is C8H12ClN3O. The van der Waals surface area contributed by atoms with Gasteiger partial charge in [-0.15, -0.1) is 0 Å². The van der Waals surface area contributed by atoms with Crippen LogP contribution >= 0.6 is 11.6 Å². The number of amides is 1. The van der Waals surface area contributed by atoms with Crippen LogP contribution in [0.5, 0.6) is 0 Å². The molecule has 4 nitrogen and oxygen atoms in total. The van der Waals surface area contributed by atoms with Gasteiger partial charge in [0.15, 0.2) is 0 Å². The molecule has 13 heavy (non-hydrogen) atoms. The van der Waals surface area contributed by atoms with Crippen LogP contribution in [0.25, 0.3) is 0 Å². The highest BCUT2D eigenvalue weighted by atomic mass is 35.5. The highest BCUT2D eigenvalue weighted by molar-refractivity contribution is 6.33. The fourth-order valence-electron chi connectivity index (χ4n) is 1.09. The zero-order valence-corrected chi connectivity index (χ0v) is 8.43. The smallest absolute Gasteiger partial charge is 0.273 e. The van der Waals surface area contributed by atoms with Gasteiger partial charge in [-0.1, -0.05) is 11.6 Å². The minimum Gasteiger partial charge on any atom is -0.338 e. The minimum absolute atomic E-state index is 0.104. The summed E-state index contributed by atoms with van der Waals surface area (Å²) in [7, 11) is 0. The zero-order valence-electron chi connectivity index (χ0n) is 7.67. The quantitative estimate of drug-likeness (QED) is 0.807. The van der Waals surface area contributed by atoms with Crippen LogP contribution in [-0.4, -0.2) is 34.1 Å². The van der Waals surface area contributed by atoms with Gasteiger partial charge in [-0.3, -0.25) is 9.89 Å². The van der Waals surface area contributed by atoms with Crippen LogP contribution in [0.1, 0.15) is 24.3 Å². The van der Waals surface area contributed by atoms with Gasteiger partial charge in [-0.25, -0.2) is 0 Å². The summed E-state index contributed by atoms with van der Waals surface area (Å²) in [6.45, 7) is 5.19. The topological polar surface area (TPSA) is 49.0 Å². The average Bonchev–Trinajstić information content (AvgIpc) is 2.53. The number of aromatic amines is 1. The molecule has 5 heteroatoms. The van der Waals surface area contributed by atoms with E-state index in [9.17, 15) is 4.79 Å². The van der Waals surface area contributed by atoms with Crippen LogP contribution in [0.15, 0.2) is 6.20 Å². The van der Waals surface area contributed by atoms with Crippen LogP contribution in [0.4, 0.5) is 0 Å². The van der Waals surface area contributed by atoms with Crippen LogP contribution < -0.4 is 0 Å². The second-order valence-corrected chi connectivity index (χ2v) is 2.98. The molecular weight excluding hydrogens is 190 g/mol. The van der Waals surface area contributed by atoms with Gasteiger partial charge in [0, 0.05) is 13.1 Å². The van der Waals surface area contributed by atoms with E-state index >= 15 is 0 Å². The highest BCUT2D eigenvalue weighted by Crippen LogP contribution is 2.13. The monoisotopic (exact) mass is 201 g/mol. The molecule has 0 radical (unpaired) electrons. The molecule has 0 aliphatic carbocycles. The number of rotatable bonds is 3. The van der Waals surface area contributed by atoms with Crippen LogP contribution in [-0.2, 0) is 0 Å². The Bertz CT molecular complexity index is 293. The molecule has 1 aromatic rings. The second kappa shape index (κ2) is 4.28. The normalized spacial score (nSPS) is 10.1. The number of carbonyl (C=O) groups is 1. The summed E-state index contributed by atoms with van der Waals surface area (Å²) in [5.41, 5.74) is 0.366. The number of hydrogen-bond acceptors (Lipinski definition) is 2. The Balaban J connectivity index is 2.84. The fourth-order valence-corrected chi connectivity index (χ4v) is 1.26. The summed E-state index contributed by atoms with van der Waals surface area (Å²) in [4.78, 5) is 13.3. The van der Waals surface area contributed by atoms with E-state index in [1.807, 2.05) is 13.8 Å². The second-order valence-electron chi connectivity index (χ2n) is 2.57. The molecule has 0 atom stereocenters. The molecule has 0 aromatic carbocycles. The average molecular weight is 202 g/mol. The zero-order chi connectivity index (χ0) is 9.84. The molecule has 1 aromatic heterocycles. The van der Waals surface area contributed by atoms with Crippen molar-refractivity contribution < 1.29 is 4.79 Å². The van der Waals surface area contributed by atoms with E-state index in [-0.39, 0.29) is 5.91 Å². The maximum absolute atomic E-state index is 11.7. The van der Waals surface area contributed by atoms with Crippen molar-refractivity contribution in [1.82, 2.24) is 15.1 Å². The standard InChI is InChI=1S/C8H12ClN3O/c1-3-12(4-2)8(13)7-6(9)5-10-11-7/h5H,3-4H2,1-2H3,(H,10,11). The molecule has 72 valence electrons. The van der Waals surface area contributed by atoms with E-state index in [0.29, 0.717) is 23.8 Å². The van der Waals surface area contributed by atoms with Gasteiger partial charge in [-0.2, -0.15) is 5.10 Å². The largest absolute Gasteiger partial charge is 0.338 e. The van der Waals surface area contributed by atoms with Crippen LogP contribution in [0.3, 0.4) is 0 Å². The number of nitrogens with zero attached hydrogens (tertiary/aromatic N) is 2. The third kappa shape index (κ3) is 2.01. The Morgan fingerprint density at radius 3 is 2.62 bits per heavy atom. The van der Waals surface area contributed by atoms with E-state index in [1.54, 1.807) is 4.90 Å². The Morgan fingerprint density at radius 1 is 1.62 bits per heavy atom. The molecule has 0 spiro atoms. The summed E-state index contributed by atoms with van der Waals surface area (Å²) in [5, 5.41) is 6.64. The Labute approximate surface area is 81.9 Å². The minimum atomic E-state index is -0.104. The molecule has 1 rings (SSSR count). The molecule has 1 N–H and O–H groups in total. The number of halogens is 1. The van der Waals surface area contributed by atoms with Gasteiger partial charge in [0.25, 0.3) is 5.91 Å². The van der Waals surface area contributed by atoms with Crippen molar-refractivity contribution >= 4 is 17.5 Å². The molecule has 0 saturated heterocycles. The molecule has 0 fully saturated rings. The lowest BCUT2D eigenvalue weighted by Gasteiger charge is -2.17. The molecule has 1 heterocycles. The first kappa shape index (κ1) is 10.1. The lowest BCUT2D eigenvalue weighted by atomic mass is 10.3. The fraction of sp³-hybridized carbons (Fsp3) is 0.500. The number of carbonyl (C=O) groups excluding carboxylic acids is 1. The SMILES string of the molecule is CCN(CC)C(=O)c1[nH]ncc1Cl. The number of H-pyrrole nitrogens is 1. The van der Waals surface area contributed by atoms with Crippen molar-refractivity contribution in [1.29, 1.82) is 0 Å². The van der Waals surface area contributed by atoms with Crippen molar-refractivity contribution in [2.75, 3.05) is 13.1 Å². The maximum Gasteiger partial charge on any atom is 0.273 e. The van der Waals surface area contributed by atoms with Gasteiger partial charge < -0.3 is 4.90 Å². The van der Waals surface area contributed by atoms with Crippen molar-refractivity contribution in [3.8, 4) is 0 Å². The number of hydrogen-bond donors (Lipinski definition) is 1. The van der Waals surface area contributed by atoms with Gasteiger partial charge in [0.1, 0.15) is 5.69 Å². The first-order valence-corrected chi connectivity index (χ1v) is 4.56. The molecule has 0 bridgehead atoms. The van der Waals surface area contributed by atoms with Crippen LogP contribution in [0, 0.1) is 0 Å².